The van der Waals surface area contributed by atoms with Crippen molar-refractivity contribution >= 4 is 11.7 Å². The minimum absolute atomic E-state index is 0.141. The van der Waals surface area contributed by atoms with Crippen LogP contribution in [0.4, 0.5) is 13.2 Å². The SMILES string of the molecule is CC(C)(C)N1CC2(C=CC(=O)C=C2)C(C)(CC(F)(F)F)C1=O. The third-order valence-corrected chi connectivity index (χ3v) is 4.62. The maximum atomic E-state index is 13.1. The highest BCUT2D eigenvalue weighted by molar-refractivity contribution is 6.01. The summed E-state index contributed by atoms with van der Waals surface area (Å²) in [7, 11) is 0. The van der Waals surface area contributed by atoms with Crippen LogP contribution in [0.3, 0.4) is 0 Å². The van der Waals surface area contributed by atoms with E-state index in [9.17, 15) is 22.8 Å². The van der Waals surface area contributed by atoms with Gasteiger partial charge in [-0.3, -0.25) is 9.59 Å². The molecule has 2 rings (SSSR count). The third kappa shape index (κ3) is 2.59. The molecule has 0 bridgehead atoms. The van der Waals surface area contributed by atoms with Gasteiger partial charge in [-0.15, -0.1) is 0 Å². The average molecular weight is 315 g/mol. The van der Waals surface area contributed by atoms with Crippen molar-refractivity contribution in [3.8, 4) is 0 Å². The number of allylic oxidation sites excluding steroid dienone is 2. The molecular weight excluding hydrogens is 295 g/mol. The lowest BCUT2D eigenvalue weighted by molar-refractivity contribution is -0.172. The van der Waals surface area contributed by atoms with Gasteiger partial charge in [0, 0.05) is 17.5 Å². The molecule has 0 aromatic carbocycles. The number of alkyl halides is 3. The summed E-state index contributed by atoms with van der Waals surface area (Å²) in [6, 6.07) is 0. The van der Waals surface area contributed by atoms with Crippen LogP contribution in [0.25, 0.3) is 0 Å². The van der Waals surface area contributed by atoms with Gasteiger partial charge in [0.2, 0.25) is 5.91 Å². The van der Waals surface area contributed by atoms with Crippen molar-refractivity contribution in [1.82, 2.24) is 4.90 Å². The highest BCUT2D eigenvalue weighted by Crippen LogP contribution is 2.56. The van der Waals surface area contributed by atoms with Gasteiger partial charge < -0.3 is 4.90 Å². The summed E-state index contributed by atoms with van der Waals surface area (Å²) in [5.41, 5.74) is -3.34. The van der Waals surface area contributed by atoms with Crippen molar-refractivity contribution in [2.24, 2.45) is 10.8 Å². The minimum atomic E-state index is -4.46. The summed E-state index contributed by atoms with van der Waals surface area (Å²) in [5, 5.41) is 0. The van der Waals surface area contributed by atoms with Gasteiger partial charge >= 0.3 is 6.18 Å². The molecule has 1 spiro atoms. The van der Waals surface area contributed by atoms with E-state index in [0.717, 1.165) is 0 Å². The van der Waals surface area contributed by atoms with Crippen molar-refractivity contribution in [1.29, 1.82) is 0 Å². The lowest BCUT2D eigenvalue weighted by Crippen LogP contribution is -2.46. The molecule has 1 aliphatic carbocycles. The second kappa shape index (κ2) is 4.70. The van der Waals surface area contributed by atoms with Gasteiger partial charge in [0.1, 0.15) is 0 Å². The van der Waals surface area contributed by atoms with Gasteiger partial charge in [0.05, 0.1) is 11.8 Å². The summed E-state index contributed by atoms with van der Waals surface area (Å²) >= 11 is 0. The van der Waals surface area contributed by atoms with Crippen molar-refractivity contribution < 1.29 is 22.8 Å². The monoisotopic (exact) mass is 315 g/mol. The molecule has 0 radical (unpaired) electrons. The Morgan fingerprint density at radius 3 is 2.05 bits per heavy atom. The Bertz CT molecular complexity index is 553. The van der Waals surface area contributed by atoms with Crippen molar-refractivity contribution in [3.05, 3.63) is 24.3 Å². The summed E-state index contributed by atoms with van der Waals surface area (Å²) in [6.07, 6.45) is -0.236. The zero-order valence-electron chi connectivity index (χ0n) is 13.1. The van der Waals surface area contributed by atoms with Gasteiger partial charge in [0.15, 0.2) is 5.78 Å². The molecule has 1 saturated heterocycles. The lowest BCUT2D eigenvalue weighted by atomic mass is 9.63. The van der Waals surface area contributed by atoms with E-state index in [0.29, 0.717) is 0 Å². The molecule has 0 N–H and O–H groups in total. The zero-order chi connectivity index (χ0) is 17.0. The molecule has 122 valence electrons. The first kappa shape index (κ1) is 16.8. The van der Waals surface area contributed by atoms with E-state index in [-0.39, 0.29) is 12.3 Å². The number of amides is 1. The van der Waals surface area contributed by atoms with Crippen molar-refractivity contribution in [3.63, 3.8) is 0 Å². The fourth-order valence-corrected chi connectivity index (χ4v) is 3.23. The summed E-state index contributed by atoms with van der Waals surface area (Å²) in [6.45, 7) is 6.86. The lowest BCUT2D eigenvalue weighted by Gasteiger charge is -2.37. The number of ketones is 1. The van der Waals surface area contributed by atoms with Gasteiger partial charge in [-0.25, -0.2) is 0 Å². The molecule has 1 heterocycles. The van der Waals surface area contributed by atoms with Crippen LogP contribution in [0.15, 0.2) is 24.3 Å². The number of likely N-dealkylation sites (tertiary alicyclic amines) is 1. The minimum Gasteiger partial charge on any atom is -0.336 e. The number of carbonyl (C=O) groups is 2. The number of nitrogens with zero attached hydrogens (tertiary/aromatic N) is 1. The van der Waals surface area contributed by atoms with E-state index in [1.807, 2.05) is 0 Å². The molecule has 3 nitrogen and oxygen atoms in total. The molecule has 0 aromatic rings. The number of rotatable bonds is 1. The molecule has 1 aliphatic heterocycles. The van der Waals surface area contributed by atoms with Crippen LogP contribution in [-0.2, 0) is 9.59 Å². The van der Waals surface area contributed by atoms with Crippen molar-refractivity contribution in [2.75, 3.05) is 6.54 Å². The number of carbonyl (C=O) groups excluding carboxylic acids is 2. The van der Waals surface area contributed by atoms with E-state index < -0.39 is 34.9 Å². The Labute approximate surface area is 127 Å². The fraction of sp³-hybridized carbons (Fsp3) is 0.625. The highest BCUT2D eigenvalue weighted by Gasteiger charge is 2.63. The van der Waals surface area contributed by atoms with E-state index in [2.05, 4.69) is 0 Å². The van der Waals surface area contributed by atoms with E-state index >= 15 is 0 Å². The highest BCUT2D eigenvalue weighted by atomic mass is 19.4. The Kier molecular flexibility index (Phi) is 3.58. The van der Waals surface area contributed by atoms with Crippen LogP contribution >= 0.6 is 0 Å². The molecule has 1 atom stereocenters. The predicted octanol–water partition coefficient (Wildman–Crippen LogP) is 3.27. The van der Waals surface area contributed by atoms with Gasteiger partial charge in [0.25, 0.3) is 0 Å². The van der Waals surface area contributed by atoms with Crippen LogP contribution in [0, 0.1) is 10.8 Å². The Hall–Kier alpha value is -1.59. The Balaban J connectivity index is 2.55. The van der Waals surface area contributed by atoms with Crippen molar-refractivity contribution in [2.45, 2.75) is 45.8 Å². The average Bonchev–Trinajstić information content (AvgIpc) is 2.53. The second-order valence-electron chi connectivity index (χ2n) is 7.30. The Morgan fingerprint density at radius 1 is 1.14 bits per heavy atom. The first-order valence-corrected chi connectivity index (χ1v) is 7.12. The first-order valence-electron chi connectivity index (χ1n) is 7.12. The number of hydrogen-bond acceptors (Lipinski definition) is 2. The molecule has 1 unspecified atom stereocenters. The van der Waals surface area contributed by atoms with Crippen LogP contribution in [0.1, 0.15) is 34.1 Å². The van der Waals surface area contributed by atoms with Gasteiger partial charge in [-0.05, 0) is 39.8 Å². The maximum Gasteiger partial charge on any atom is 0.390 e. The van der Waals surface area contributed by atoms with Crippen LogP contribution in [-0.4, -0.2) is 34.9 Å². The topological polar surface area (TPSA) is 37.4 Å². The van der Waals surface area contributed by atoms with Gasteiger partial charge in [-0.1, -0.05) is 12.2 Å². The summed E-state index contributed by atoms with van der Waals surface area (Å²) in [5.74, 6) is -0.803. The number of halogens is 3. The molecule has 1 amide bonds. The van der Waals surface area contributed by atoms with Crippen LogP contribution < -0.4 is 0 Å². The predicted molar refractivity (Wildman–Crippen MR) is 76.0 cm³/mol. The van der Waals surface area contributed by atoms with E-state index in [1.165, 1.54) is 36.1 Å². The molecule has 0 saturated carbocycles. The fourth-order valence-electron chi connectivity index (χ4n) is 3.23. The van der Waals surface area contributed by atoms with Crippen LogP contribution in [0.2, 0.25) is 0 Å². The molecule has 1 fully saturated rings. The summed E-state index contributed by atoms with van der Waals surface area (Å²) < 4.78 is 39.2. The number of hydrogen-bond donors (Lipinski definition) is 0. The molecule has 2 aliphatic rings. The van der Waals surface area contributed by atoms with E-state index in [1.54, 1.807) is 20.8 Å². The first-order chi connectivity index (χ1) is 9.81. The standard InChI is InChI=1S/C16H20F3NO2/c1-13(2,3)20-10-15(7-5-11(21)6-8-15)14(4,12(20)22)9-16(17,18)19/h5-8H,9-10H2,1-4H3. The largest absolute Gasteiger partial charge is 0.390 e. The molecule has 6 heteroatoms. The van der Waals surface area contributed by atoms with Gasteiger partial charge in [-0.2, -0.15) is 13.2 Å². The van der Waals surface area contributed by atoms with E-state index in [4.69, 9.17) is 0 Å². The normalized spacial score (nSPS) is 28.0. The molecule has 0 aromatic heterocycles. The quantitative estimate of drug-likeness (QED) is 0.745. The molecule has 22 heavy (non-hydrogen) atoms. The zero-order valence-corrected chi connectivity index (χ0v) is 13.1. The van der Waals surface area contributed by atoms with Crippen LogP contribution in [0.5, 0.6) is 0 Å². The molecular formula is C16H20F3NO2. The maximum absolute atomic E-state index is 13.1. The summed E-state index contributed by atoms with van der Waals surface area (Å²) in [4.78, 5) is 25.6. The second-order valence-corrected chi connectivity index (χ2v) is 7.30. The third-order valence-electron chi connectivity index (χ3n) is 4.62. The smallest absolute Gasteiger partial charge is 0.336 e. The Morgan fingerprint density at radius 2 is 1.64 bits per heavy atom.